The van der Waals surface area contributed by atoms with Gasteiger partial charge in [-0.25, -0.2) is 13.1 Å². The van der Waals surface area contributed by atoms with E-state index in [2.05, 4.69) is 33.9 Å². The molecule has 7 nitrogen and oxygen atoms in total. The van der Waals surface area contributed by atoms with Crippen LogP contribution in [0.5, 0.6) is 0 Å². The summed E-state index contributed by atoms with van der Waals surface area (Å²) in [5.41, 5.74) is 2.47. The van der Waals surface area contributed by atoms with E-state index in [0.717, 1.165) is 45.3 Å². The van der Waals surface area contributed by atoms with E-state index in [-0.39, 0.29) is 11.4 Å². The summed E-state index contributed by atoms with van der Waals surface area (Å²) in [6.45, 7) is 3.43. The summed E-state index contributed by atoms with van der Waals surface area (Å²) in [6.07, 6.45) is 4.85. The third-order valence-electron chi connectivity index (χ3n) is 5.25. The van der Waals surface area contributed by atoms with Gasteiger partial charge in [0.25, 0.3) is 5.69 Å². The third kappa shape index (κ3) is 5.85. The number of hydrogen-bond donors (Lipinski definition) is 1. The average Bonchev–Trinajstić information content (AvgIpc) is 2.73. The fourth-order valence-electron chi connectivity index (χ4n) is 3.68. The first-order valence-electron chi connectivity index (χ1n) is 9.99. The molecule has 0 bridgehead atoms. The SMILES string of the molecule is O=[N+]([O-])c1ccccc1S(=O)(=O)NCCCCCCN1CCc2ccccc2C1. The zero-order valence-corrected chi connectivity index (χ0v) is 17.2. The number of hydrogen-bond acceptors (Lipinski definition) is 5. The van der Waals surface area contributed by atoms with Crippen molar-refractivity contribution in [2.75, 3.05) is 19.6 Å². The Balaban J connectivity index is 1.35. The van der Waals surface area contributed by atoms with Crippen LogP contribution in [0.25, 0.3) is 0 Å². The first-order chi connectivity index (χ1) is 14.0. The Morgan fingerprint density at radius 3 is 2.45 bits per heavy atom. The molecule has 0 atom stereocenters. The molecule has 0 amide bonds. The highest BCUT2D eigenvalue weighted by atomic mass is 32.2. The van der Waals surface area contributed by atoms with Crippen molar-refractivity contribution in [2.24, 2.45) is 0 Å². The minimum Gasteiger partial charge on any atom is -0.299 e. The molecule has 1 aliphatic rings. The van der Waals surface area contributed by atoms with Crippen LogP contribution in [-0.4, -0.2) is 37.9 Å². The van der Waals surface area contributed by atoms with E-state index in [1.165, 1.54) is 35.4 Å². The lowest BCUT2D eigenvalue weighted by Gasteiger charge is -2.28. The molecule has 1 N–H and O–H groups in total. The number of nitrogens with zero attached hydrogens (tertiary/aromatic N) is 2. The summed E-state index contributed by atoms with van der Waals surface area (Å²) in [5.74, 6) is 0. The number of sulfonamides is 1. The average molecular weight is 418 g/mol. The van der Waals surface area contributed by atoms with Crippen LogP contribution in [0.1, 0.15) is 36.8 Å². The van der Waals surface area contributed by atoms with Gasteiger partial charge >= 0.3 is 0 Å². The maximum Gasteiger partial charge on any atom is 0.289 e. The Bertz CT molecular complexity index is 946. The molecular formula is C21H27N3O4S. The number of benzene rings is 2. The van der Waals surface area contributed by atoms with Gasteiger partial charge in [-0.15, -0.1) is 0 Å². The van der Waals surface area contributed by atoms with Crippen LogP contribution >= 0.6 is 0 Å². The molecule has 0 unspecified atom stereocenters. The maximum atomic E-state index is 12.3. The van der Waals surface area contributed by atoms with Gasteiger partial charge < -0.3 is 0 Å². The maximum absolute atomic E-state index is 12.3. The molecule has 0 fully saturated rings. The van der Waals surface area contributed by atoms with Crippen LogP contribution in [0, 0.1) is 10.1 Å². The molecule has 2 aromatic rings. The van der Waals surface area contributed by atoms with Crippen LogP contribution in [-0.2, 0) is 23.0 Å². The van der Waals surface area contributed by atoms with Crippen molar-refractivity contribution in [1.82, 2.24) is 9.62 Å². The van der Waals surface area contributed by atoms with Crippen molar-refractivity contribution >= 4 is 15.7 Å². The number of para-hydroxylation sites is 1. The predicted octanol–water partition coefficient (Wildman–Crippen LogP) is 3.49. The molecule has 0 radical (unpaired) electrons. The van der Waals surface area contributed by atoms with E-state index >= 15 is 0 Å². The van der Waals surface area contributed by atoms with Crippen LogP contribution in [0.4, 0.5) is 5.69 Å². The molecule has 29 heavy (non-hydrogen) atoms. The van der Waals surface area contributed by atoms with Gasteiger partial charge in [0, 0.05) is 25.7 Å². The summed E-state index contributed by atoms with van der Waals surface area (Å²) in [5, 5.41) is 11.0. The largest absolute Gasteiger partial charge is 0.299 e. The molecule has 8 heteroatoms. The van der Waals surface area contributed by atoms with Gasteiger partial charge in [0.1, 0.15) is 0 Å². The number of nitro groups is 1. The quantitative estimate of drug-likeness (QED) is 0.363. The van der Waals surface area contributed by atoms with E-state index in [1.54, 1.807) is 0 Å². The van der Waals surface area contributed by atoms with Crippen molar-refractivity contribution in [3.63, 3.8) is 0 Å². The molecular weight excluding hydrogens is 390 g/mol. The van der Waals surface area contributed by atoms with Gasteiger partial charge in [0.15, 0.2) is 4.90 Å². The fraction of sp³-hybridized carbons (Fsp3) is 0.429. The van der Waals surface area contributed by atoms with Crippen LogP contribution < -0.4 is 4.72 Å². The van der Waals surface area contributed by atoms with Gasteiger partial charge in [0.2, 0.25) is 10.0 Å². The van der Waals surface area contributed by atoms with Gasteiger partial charge in [-0.1, -0.05) is 49.2 Å². The standard InChI is InChI=1S/C21H27N3O4S/c25-24(26)20-11-5-6-12-21(20)29(27,28)22-14-7-1-2-8-15-23-16-13-18-9-3-4-10-19(18)17-23/h3-6,9-12,22H,1-2,7-8,13-17H2. The first-order valence-corrected chi connectivity index (χ1v) is 11.5. The zero-order valence-electron chi connectivity index (χ0n) is 16.4. The molecule has 0 saturated carbocycles. The second-order valence-corrected chi connectivity index (χ2v) is 9.07. The summed E-state index contributed by atoms with van der Waals surface area (Å²) in [6, 6.07) is 14.0. The lowest BCUT2D eigenvalue weighted by molar-refractivity contribution is -0.387. The van der Waals surface area contributed by atoms with E-state index in [4.69, 9.17) is 0 Å². The summed E-state index contributed by atoms with van der Waals surface area (Å²) < 4.78 is 27.1. The second kappa shape index (κ2) is 9.96. The summed E-state index contributed by atoms with van der Waals surface area (Å²) in [4.78, 5) is 12.5. The lowest BCUT2D eigenvalue weighted by atomic mass is 10.00. The van der Waals surface area contributed by atoms with Crippen molar-refractivity contribution in [3.8, 4) is 0 Å². The monoisotopic (exact) mass is 417 g/mol. The highest BCUT2D eigenvalue weighted by Crippen LogP contribution is 2.22. The Morgan fingerprint density at radius 2 is 1.66 bits per heavy atom. The molecule has 2 aromatic carbocycles. The highest BCUT2D eigenvalue weighted by molar-refractivity contribution is 7.89. The van der Waals surface area contributed by atoms with Gasteiger partial charge in [-0.3, -0.25) is 15.0 Å². The fourth-order valence-corrected chi connectivity index (χ4v) is 4.92. The van der Waals surface area contributed by atoms with Crippen LogP contribution in [0.3, 0.4) is 0 Å². The summed E-state index contributed by atoms with van der Waals surface area (Å²) >= 11 is 0. The van der Waals surface area contributed by atoms with Crippen LogP contribution in [0.2, 0.25) is 0 Å². The van der Waals surface area contributed by atoms with E-state index in [9.17, 15) is 18.5 Å². The van der Waals surface area contributed by atoms with Crippen molar-refractivity contribution in [2.45, 2.75) is 43.5 Å². The number of rotatable bonds is 10. The van der Waals surface area contributed by atoms with Crippen molar-refractivity contribution < 1.29 is 13.3 Å². The predicted molar refractivity (Wildman–Crippen MR) is 112 cm³/mol. The molecule has 0 saturated heterocycles. The Morgan fingerprint density at radius 1 is 0.966 bits per heavy atom. The smallest absolute Gasteiger partial charge is 0.289 e. The summed E-state index contributed by atoms with van der Waals surface area (Å²) in [7, 11) is -3.87. The van der Waals surface area contributed by atoms with Crippen LogP contribution in [0.15, 0.2) is 53.4 Å². The number of nitro benzene ring substituents is 1. The number of nitrogens with one attached hydrogen (secondary N) is 1. The second-order valence-electron chi connectivity index (χ2n) is 7.33. The molecule has 3 rings (SSSR count). The topological polar surface area (TPSA) is 92.5 Å². The van der Waals surface area contributed by atoms with E-state index in [1.807, 2.05) is 0 Å². The van der Waals surface area contributed by atoms with Gasteiger partial charge in [-0.2, -0.15) is 0 Å². The third-order valence-corrected chi connectivity index (χ3v) is 6.76. The Labute approximate surface area is 171 Å². The Kier molecular flexibility index (Phi) is 7.35. The molecule has 156 valence electrons. The molecule has 1 aliphatic heterocycles. The number of fused-ring (bicyclic) bond motifs is 1. The normalized spacial score (nSPS) is 14.5. The highest BCUT2D eigenvalue weighted by Gasteiger charge is 2.24. The molecule has 0 aromatic heterocycles. The lowest BCUT2D eigenvalue weighted by Crippen LogP contribution is -2.31. The van der Waals surface area contributed by atoms with Gasteiger partial charge in [-0.05, 0) is 43.0 Å². The molecule has 0 aliphatic carbocycles. The zero-order chi connectivity index (χ0) is 20.7. The molecule has 0 spiro atoms. The van der Waals surface area contributed by atoms with E-state index < -0.39 is 20.6 Å². The first kappa shape index (κ1) is 21.4. The minimum absolute atomic E-state index is 0.282. The van der Waals surface area contributed by atoms with Crippen molar-refractivity contribution in [3.05, 3.63) is 69.8 Å². The van der Waals surface area contributed by atoms with E-state index in [0.29, 0.717) is 6.42 Å². The van der Waals surface area contributed by atoms with Crippen molar-refractivity contribution in [1.29, 1.82) is 0 Å². The van der Waals surface area contributed by atoms with Gasteiger partial charge in [0.05, 0.1) is 4.92 Å². The Hall–Kier alpha value is -2.29. The minimum atomic E-state index is -3.87. The number of unbranched alkanes of at least 4 members (excludes halogenated alkanes) is 3. The molecule has 1 heterocycles.